The van der Waals surface area contributed by atoms with Crippen LogP contribution in [0.3, 0.4) is 0 Å². The van der Waals surface area contributed by atoms with Crippen molar-refractivity contribution in [2.24, 2.45) is 0 Å². The number of phenols is 1. The van der Waals surface area contributed by atoms with Crippen molar-refractivity contribution in [2.45, 2.75) is 85.0 Å². The van der Waals surface area contributed by atoms with E-state index in [2.05, 4.69) is 15.4 Å². The second-order valence-electron chi connectivity index (χ2n) is 12.0. The molecule has 0 saturated carbocycles. The van der Waals surface area contributed by atoms with Crippen molar-refractivity contribution in [2.75, 3.05) is 13.7 Å². The Labute approximate surface area is 242 Å². The Morgan fingerprint density at radius 3 is 2.10 bits per heavy atom. The first kappa shape index (κ1) is 33.1. The van der Waals surface area contributed by atoms with Crippen LogP contribution in [0.25, 0.3) is 0 Å². The zero-order valence-corrected chi connectivity index (χ0v) is 25.5. The Bertz CT molecular complexity index is 1240. The van der Waals surface area contributed by atoms with E-state index in [-0.39, 0.29) is 18.7 Å². The molecule has 2 unspecified atom stereocenters. The Hall–Kier alpha value is -4.08. The normalized spacial score (nSPS) is 13.0. The van der Waals surface area contributed by atoms with Crippen molar-refractivity contribution in [3.05, 3.63) is 64.7 Å². The summed E-state index contributed by atoms with van der Waals surface area (Å²) in [6.45, 7) is 13.9. The first-order valence-electron chi connectivity index (χ1n) is 13.4. The third kappa shape index (κ3) is 9.81. The molecule has 0 fully saturated rings. The summed E-state index contributed by atoms with van der Waals surface area (Å²) in [6, 6.07) is 9.62. The number of carbonyl (C=O) groups excluding carboxylic acids is 4. The fourth-order valence-corrected chi connectivity index (χ4v) is 4.31. The van der Waals surface area contributed by atoms with Crippen molar-refractivity contribution in [1.82, 2.24) is 15.5 Å². The van der Waals surface area contributed by atoms with Crippen LogP contribution in [0.4, 0.5) is 4.79 Å². The fraction of sp³-hybridized carbons (Fsp3) is 0.484. The van der Waals surface area contributed by atoms with Crippen LogP contribution in [-0.4, -0.2) is 64.7 Å². The van der Waals surface area contributed by atoms with Gasteiger partial charge in [-0.05, 0) is 84.2 Å². The zero-order chi connectivity index (χ0) is 31.1. The second kappa shape index (κ2) is 13.5. The van der Waals surface area contributed by atoms with Gasteiger partial charge in [0.25, 0.3) is 0 Å². The van der Waals surface area contributed by atoms with Gasteiger partial charge in [-0.15, -0.1) is 0 Å². The molecule has 0 radical (unpaired) electrons. The van der Waals surface area contributed by atoms with Gasteiger partial charge in [-0.3, -0.25) is 14.4 Å². The van der Waals surface area contributed by atoms with Crippen LogP contribution in [0.2, 0.25) is 0 Å². The molecule has 0 saturated heterocycles. The Balaban J connectivity index is 2.66. The van der Waals surface area contributed by atoms with Crippen molar-refractivity contribution in [3.8, 4) is 5.75 Å². The maximum atomic E-state index is 14.5. The standard InChI is InChI=1S/C31H43N3O7/c1-19-10-11-20(2)23(16-19)26(27(37)32-18-25(36)40-9)34(30(3,4)5)28(38)24(33-29(39)41-31(6,7)8)17-21-12-14-22(35)15-13-21/h10-16,24,26,35H,17-18H2,1-9H3,(H,32,37)(H,33,39). The number of phenolic OH excluding ortho intramolecular Hbond substituents is 1. The average molecular weight is 570 g/mol. The number of aryl methyl sites for hydroxylation is 2. The molecule has 3 amide bonds. The molecule has 0 heterocycles. The van der Waals surface area contributed by atoms with E-state index in [0.717, 1.165) is 11.1 Å². The molecule has 2 aromatic rings. The molecule has 3 N–H and O–H groups in total. The Morgan fingerprint density at radius 1 is 0.951 bits per heavy atom. The minimum Gasteiger partial charge on any atom is -0.508 e. The van der Waals surface area contributed by atoms with Crippen molar-refractivity contribution >= 4 is 23.9 Å². The summed E-state index contributed by atoms with van der Waals surface area (Å²) in [6.07, 6.45) is -0.726. The van der Waals surface area contributed by atoms with E-state index in [0.29, 0.717) is 11.1 Å². The summed E-state index contributed by atoms with van der Waals surface area (Å²) in [5.41, 5.74) is 1.18. The highest BCUT2D eigenvalue weighted by molar-refractivity contribution is 5.94. The molecule has 10 nitrogen and oxygen atoms in total. The average Bonchev–Trinajstić information content (AvgIpc) is 2.85. The second-order valence-corrected chi connectivity index (χ2v) is 12.0. The number of hydrogen-bond donors (Lipinski definition) is 3. The van der Waals surface area contributed by atoms with Crippen molar-refractivity contribution < 1.29 is 33.8 Å². The number of carbonyl (C=O) groups is 4. The van der Waals surface area contributed by atoms with E-state index in [4.69, 9.17) is 4.74 Å². The van der Waals surface area contributed by atoms with Gasteiger partial charge in [-0.2, -0.15) is 0 Å². The van der Waals surface area contributed by atoms with Crippen molar-refractivity contribution in [3.63, 3.8) is 0 Å². The summed E-state index contributed by atoms with van der Waals surface area (Å²) >= 11 is 0. The highest BCUT2D eigenvalue weighted by Gasteiger charge is 2.42. The van der Waals surface area contributed by atoms with Gasteiger partial charge in [-0.25, -0.2) is 4.79 Å². The molecule has 0 aliphatic carbocycles. The molecule has 2 atom stereocenters. The quantitative estimate of drug-likeness (QED) is 0.387. The number of amides is 3. The SMILES string of the molecule is COC(=O)CNC(=O)C(c1cc(C)ccc1C)N(C(=O)C(Cc1ccc(O)cc1)NC(=O)OC(C)(C)C)C(C)(C)C. The third-order valence-corrected chi connectivity index (χ3v) is 6.20. The lowest BCUT2D eigenvalue weighted by atomic mass is 9.91. The van der Waals surface area contributed by atoms with Gasteiger partial charge >= 0.3 is 12.1 Å². The topological polar surface area (TPSA) is 134 Å². The molecule has 0 aliphatic rings. The Morgan fingerprint density at radius 2 is 1.56 bits per heavy atom. The monoisotopic (exact) mass is 569 g/mol. The summed E-state index contributed by atoms with van der Waals surface area (Å²) in [5, 5.41) is 15.0. The maximum absolute atomic E-state index is 14.5. The number of esters is 1. The number of nitrogens with zero attached hydrogens (tertiary/aromatic N) is 1. The van der Waals surface area contributed by atoms with Crippen LogP contribution in [-0.2, 0) is 30.3 Å². The number of benzene rings is 2. The number of nitrogens with one attached hydrogen (secondary N) is 2. The van der Waals surface area contributed by atoms with Crippen molar-refractivity contribution in [1.29, 1.82) is 0 Å². The van der Waals surface area contributed by atoms with Crippen LogP contribution in [0, 0.1) is 13.8 Å². The molecule has 0 spiro atoms. The molecule has 41 heavy (non-hydrogen) atoms. The number of rotatable bonds is 9. The largest absolute Gasteiger partial charge is 0.508 e. The highest BCUT2D eigenvalue weighted by Crippen LogP contribution is 2.33. The van der Waals surface area contributed by atoms with Gasteiger partial charge in [-0.1, -0.05) is 35.9 Å². The highest BCUT2D eigenvalue weighted by atomic mass is 16.6. The van der Waals surface area contributed by atoms with E-state index >= 15 is 0 Å². The maximum Gasteiger partial charge on any atom is 0.408 e. The van der Waals surface area contributed by atoms with Crippen LogP contribution < -0.4 is 10.6 Å². The molecule has 10 heteroatoms. The summed E-state index contributed by atoms with van der Waals surface area (Å²) in [4.78, 5) is 54.5. The number of ether oxygens (including phenoxy) is 2. The van der Waals surface area contributed by atoms with Gasteiger partial charge in [0.1, 0.15) is 30.0 Å². The van der Waals surface area contributed by atoms with Crippen LogP contribution in [0.15, 0.2) is 42.5 Å². The molecule has 224 valence electrons. The first-order valence-corrected chi connectivity index (χ1v) is 13.4. The minimum atomic E-state index is -1.14. The molecule has 0 aliphatic heterocycles. The number of methoxy groups -OCH3 is 1. The minimum absolute atomic E-state index is 0.0605. The van der Waals surface area contributed by atoms with Gasteiger partial charge in [0.2, 0.25) is 11.8 Å². The van der Waals surface area contributed by atoms with Crippen LogP contribution in [0.5, 0.6) is 5.75 Å². The van der Waals surface area contributed by atoms with E-state index in [1.165, 1.54) is 24.1 Å². The van der Waals surface area contributed by atoms with E-state index in [9.17, 15) is 24.3 Å². The molecule has 2 rings (SSSR count). The first-order chi connectivity index (χ1) is 18.9. The van der Waals surface area contributed by atoms with E-state index < -0.39 is 47.1 Å². The number of hydrogen-bond acceptors (Lipinski definition) is 7. The third-order valence-electron chi connectivity index (χ3n) is 6.20. The summed E-state index contributed by atoms with van der Waals surface area (Å²) < 4.78 is 10.1. The molecule has 0 aromatic heterocycles. The molecular weight excluding hydrogens is 526 g/mol. The van der Waals surface area contributed by atoms with Crippen LogP contribution in [0.1, 0.15) is 69.8 Å². The molecule has 0 bridgehead atoms. The molecule has 2 aromatic carbocycles. The fourth-order valence-electron chi connectivity index (χ4n) is 4.31. The summed E-state index contributed by atoms with van der Waals surface area (Å²) in [7, 11) is 1.22. The molecular formula is C31H43N3O7. The zero-order valence-electron chi connectivity index (χ0n) is 25.5. The lowest BCUT2D eigenvalue weighted by Gasteiger charge is -2.43. The Kier molecular flexibility index (Phi) is 10.9. The van der Waals surface area contributed by atoms with Crippen LogP contribution >= 0.6 is 0 Å². The predicted molar refractivity (Wildman–Crippen MR) is 155 cm³/mol. The summed E-state index contributed by atoms with van der Waals surface area (Å²) in [5.74, 6) is -1.68. The smallest absolute Gasteiger partial charge is 0.408 e. The lowest BCUT2D eigenvalue weighted by Crippen LogP contribution is -2.59. The predicted octanol–water partition coefficient (Wildman–Crippen LogP) is 4.10. The van der Waals surface area contributed by atoms with Gasteiger partial charge < -0.3 is 30.1 Å². The number of alkyl carbamates (subject to hydrolysis) is 1. The van der Waals surface area contributed by atoms with Gasteiger partial charge in [0, 0.05) is 12.0 Å². The van der Waals surface area contributed by atoms with Gasteiger partial charge in [0.15, 0.2) is 0 Å². The van der Waals surface area contributed by atoms with E-state index in [1.54, 1.807) is 53.7 Å². The lowest BCUT2D eigenvalue weighted by molar-refractivity contribution is -0.149. The number of aromatic hydroxyl groups is 1. The van der Waals surface area contributed by atoms with E-state index in [1.807, 2.05) is 32.0 Å². The van der Waals surface area contributed by atoms with Gasteiger partial charge in [0.05, 0.1) is 7.11 Å².